The van der Waals surface area contributed by atoms with Crippen LogP contribution < -0.4 is 4.72 Å². The van der Waals surface area contributed by atoms with E-state index in [0.717, 1.165) is 19.5 Å². The number of benzene rings is 1. The van der Waals surface area contributed by atoms with Crippen molar-refractivity contribution in [3.05, 3.63) is 29.8 Å². The molecule has 1 aliphatic heterocycles. The molecule has 0 unspecified atom stereocenters. The van der Waals surface area contributed by atoms with Gasteiger partial charge < -0.3 is 4.90 Å². The third kappa shape index (κ3) is 4.19. The highest BCUT2D eigenvalue weighted by atomic mass is 32.2. The van der Waals surface area contributed by atoms with Gasteiger partial charge in [-0.1, -0.05) is 38.3 Å². The second-order valence-electron chi connectivity index (χ2n) is 7.66. The number of hydrogen-bond acceptors (Lipinski definition) is 3. The van der Waals surface area contributed by atoms with Crippen molar-refractivity contribution in [3.8, 4) is 0 Å². The van der Waals surface area contributed by atoms with Crippen molar-refractivity contribution in [2.24, 2.45) is 5.92 Å². The zero-order chi connectivity index (χ0) is 17.2. The Balaban J connectivity index is 1.68. The smallest absolute Gasteiger partial charge is 0.240 e. The third-order valence-electron chi connectivity index (χ3n) is 5.68. The van der Waals surface area contributed by atoms with Crippen LogP contribution in [0.2, 0.25) is 0 Å². The van der Waals surface area contributed by atoms with Crippen LogP contribution in [0.1, 0.15) is 56.9 Å². The summed E-state index contributed by atoms with van der Waals surface area (Å²) in [6.45, 7) is 4.00. The maximum absolute atomic E-state index is 12.7. The maximum atomic E-state index is 12.7. The summed E-state index contributed by atoms with van der Waals surface area (Å²) in [6, 6.07) is 7.63. The lowest BCUT2D eigenvalue weighted by Crippen LogP contribution is -2.48. The van der Waals surface area contributed by atoms with E-state index in [-0.39, 0.29) is 6.04 Å². The van der Waals surface area contributed by atoms with Gasteiger partial charge in [0.1, 0.15) is 0 Å². The minimum absolute atomic E-state index is 0.0317. The predicted molar refractivity (Wildman–Crippen MR) is 97.7 cm³/mol. The average Bonchev–Trinajstić information content (AvgIpc) is 2.58. The quantitative estimate of drug-likeness (QED) is 0.906. The molecule has 24 heavy (non-hydrogen) atoms. The number of piperidine rings is 1. The van der Waals surface area contributed by atoms with Gasteiger partial charge in [0.2, 0.25) is 10.0 Å². The van der Waals surface area contributed by atoms with E-state index in [1.807, 2.05) is 12.1 Å². The number of rotatable bonds is 4. The van der Waals surface area contributed by atoms with Gasteiger partial charge in [0, 0.05) is 12.6 Å². The van der Waals surface area contributed by atoms with Crippen molar-refractivity contribution >= 4 is 10.0 Å². The summed E-state index contributed by atoms with van der Waals surface area (Å²) in [7, 11) is -1.34. The van der Waals surface area contributed by atoms with Gasteiger partial charge in [-0.15, -0.1) is 0 Å². The highest BCUT2D eigenvalue weighted by Crippen LogP contribution is 2.33. The molecule has 2 fully saturated rings. The van der Waals surface area contributed by atoms with Gasteiger partial charge in [-0.25, -0.2) is 13.1 Å². The van der Waals surface area contributed by atoms with Crippen molar-refractivity contribution in [3.63, 3.8) is 0 Å². The topological polar surface area (TPSA) is 49.4 Å². The second-order valence-corrected chi connectivity index (χ2v) is 9.37. The molecule has 5 heteroatoms. The van der Waals surface area contributed by atoms with Crippen LogP contribution in [-0.4, -0.2) is 39.5 Å². The molecule has 1 N–H and O–H groups in total. The molecule has 0 radical (unpaired) electrons. The van der Waals surface area contributed by atoms with E-state index in [2.05, 4.69) is 23.6 Å². The highest BCUT2D eigenvalue weighted by molar-refractivity contribution is 7.89. The fraction of sp³-hybridized carbons (Fsp3) is 0.684. The van der Waals surface area contributed by atoms with Crippen LogP contribution in [0.4, 0.5) is 0 Å². The van der Waals surface area contributed by atoms with E-state index >= 15 is 0 Å². The minimum atomic E-state index is -3.43. The molecular formula is C19H30N2O2S. The van der Waals surface area contributed by atoms with Crippen LogP contribution in [0.15, 0.2) is 29.2 Å². The molecule has 3 rings (SSSR count). The van der Waals surface area contributed by atoms with Crippen molar-refractivity contribution in [1.82, 2.24) is 9.62 Å². The standard InChI is InChI=1S/C19H30N2O2S/c1-15-14-21(2)13-12-19(15)20-24(22,23)18-10-8-17(9-11-18)16-6-4-3-5-7-16/h8-11,15-16,19-20H,3-7,12-14H2,1-2H3/t15-,19+/m0/s1. The lowest BCUT2D eigenvalue weighted by molar-refractivity contribution is 0.188. The highest BCUT2D eigenvalue weighted by Gasteiger charge is 2.28. The van der Waals surface area contributed by atoms with Crippen LogP contribution in [0.3, 0.4) is 0 Å². The molecule has 2 aliphatic rings. The number of nitrogens with zero attached hydrogens (tertiary/aromatic N) is 1. The molecule has 0 spiro atoms. The van der Waals surface area contributed by atoms with Crippen LogP contribution in [0.5, 0.6) is 0 Å². The first-order chi connectivity index (χ1) is 11.5. The van der Waals surface area contributed by atoms with E-state index in [1.54, 1.807) is 12.1 Å². The van der Waals surface area contributed by atoms with E-state index in [0.29, 0.717) is 16.7 Å². The number of nitrogens with one attached hydrogen (secondary N) is 1. The van der Waals surface area contributed by atoms with Gasteiger partial charge in [0.25, 0.3) is 0 Å². The van der Waals surface area contributed by atoms with Crippen molar-refractivity contribution < 1.29 is 8.42 Å². The first-order valence-electron chi connectivity index (χ1n) is 9.26. The zero-order valence-corrected chi connectivity index (χ0v) is 15.7. The second kappa shape index (κ2) is 7.54. The lowest BCUT2D eigenvalue weighted by Gasteiger charge is -2.34. The Morgan fingerprint density at radius 3 is 2.33 bits per heavy atom. The average molecular weight is 351 g/mol. The maximum Gasteiger partial charge on any atom is 0.240 e. The van der Waals surface area contributed by atoms with E-state index < -0.39 is 10.0 Å². The summed E-state index contributed by atoms with van der Waals surface area (Å²) in [5, 5.41) is 0. The van der Waals surface area contributed by atoms with Crippen molar-refractivity contribution in [2.75, 3.05) is 20.1 Å². The largest absolute Gasteiger partial charge is 0.306 e. The minimum Gasteiger partial charge on any atom is -0.306 e. The SMILES string of the molecule is C[C@H]1CN(C)CC[C@H]1NS(=O)(=O)c1ccc(C2CCCCC2)cc1. The van der Waals surface area contributed by atoms with Crippen LogP contribution in [0, 0.1) is 5.92 Å². The Morgan fingerprint density at radius 2 is 1.71 bits per heavy atom. The lowest BCUT2D eigenvalue weighted by atomic mass is 9.84. The summed E-state index contributed by atoms with van der Waals surface area (Å²) in [5.74, 6) is 0.942. The zero-order valence-electron chi connectivity index (χ0n) is 14.9. The fourth-order valence-corrected chi connectivity index (χ4v) is 5.53. The summed E-state index contributed by atoms with van der Waals surface area (Å²) in [4.78, 5) is 2.65. The third-order valence-corrected chi connectivity index (χ3v) is 7.19. The Hall–Kier alpha value is -0.910. The summed E-state index contributed by atoms with van der Waals surface area (Å²) >= 11 is 0. The first-order valence-corrected chi connectivity index (χ1v) is 10.7. The molecular weight excluding hydrogens is 320 g/mol. The van der Waals surface area contributed by atoms with Gasteiger partial charge in [0.15, 0.2) is 0 Å². The van der Waals surface area contributed by atoms with E-state index in [4.69, 9.17) is 0 Å². The Kier molecular flexibility index (Phi) is 5.63. The Bertz CT molecular complexity index is 636. The molecule has 1 saturated heterocycles. The summed E-state index contributed by atoms with van der Waals surface area (Å²) in [6.07, 6.45) is 7.26. The molecule has 2 atom stereocenters. The van der Waals surface area contributed by atoms with Crippen LogP contribution in [0.25, 0.3) is 0 Å². The number of likely N-dealkylation sites (tertiary alicyclic amines) is 1. The molecule has 1 aliphatic carbocycles. The van der Waals surface area contributed by atoms with Gasteiger partial charge >= 0.3 is 0 Å². The number of sulfonamides is 1. The molecule has 1 heterocycles. The Morgan fingerprint density at radius 1 is 1.04 bits per heavy atom. The monoisotopic (exact) mass is 350 g/mol. The molecule has 134 valence electrons. The normalized spacial score (nSPS) is 27.2. The molecule has 4 nitrogen and oxygen atoms in total. The Labute approximate surface area is 146 Å². The summed E-state index contributed by atoms with van der Waals surface area (Å²) in [5.41, 5.74) is 1.29. The van der Waals surface area contributed by atoms with Crippen LogP contribution in [-0.2, 0) is 10.0 Å². The number of hydrogen-bond donors (Lipinski definition) is 1. The molecule has 1 aromatic carbocycles. The van der Waals surface area contributed by atoms with Gasteiger partial charge in [0.05, 0.1) is 4.90 Å². The van der Waals surface area contributed by atoms with Crippen molar-refractivity contribution in [2.45, 2.75) is 62.3 Å². The van der Waals surface area contributed by atoms with Gasteiger partial charge in [-0.05, 0) is 62.4 Å². The van der Waals surface area contributed by atoms with E-state index in [9.17, 15) is 8.42 Å². The van der Waals surface area contributed by atoms with Gasteiger partial charge in [-0.3, -0.25) is 0 Å². The molecule has 1 saturated carbocycles. The van der Waals surface area contributed by atoms with Crippen molar-refractivity contribution in [1.29, 1.82) is 0 Å². The van der Waals surface area contributed by atoms with Gasteiger partial charge in [-0.2, -0.15) is 0 Å². The molecule has 0 amide bonds. The fourth-order valence-electron chi connectivity index (χ4n) is 4.15. The van der Waals surface area contributed by atoms with Crippen LogP contribution >= 0.6 is 0 Å². The molecule has 1 aromatic rings. The predicted octanol–water partition coefficient (Wildman–Crippen LogP) is 3.35. The molecule has 0 aromatic heterocycles. The molecule has 0 bridgehead atoms. The first kappa shape index (κ1) is 17.9. The van der Waals surface area contributed by atoms with E-state index in [1.165, 1.54) is 37.7 Å². The summed E-state index contributed by atoms with van der Waals surface area (Å²) < 4.78 is 28.3.